The fourth-order valence-electron chi connectivity index (χ4n) is 3.18. The fourth-order valence-corrected chi connectivity index (χ4v) is 3.18. The first kappa shape index (κ1) is 17.9. The average Bonchev–Trinajstić information content (AvgIpc) is 3.50. The van der Waals surface area contributed by atoms with Crippen molar-refractivity contribution in [1.29, 1.82) is 0 Å². The molecule has 6 heteroatoms. The molecular formula is C22H19N3O3. The molecule has 2 aromatic carbocycles. The van der Waals surface area contributed by atoms with Crippen LogP contribution in [0, 0.1) is 23.0 Å². The van der Waals surface area contributed by atoms with Crippen LogP contribution in [0.2, 0.25) is 0 Å². The lowest BCUT2D eigenvalue weighted by atomic mass is 10.0. The molecule has 0 spiro atoms. The monoisotopic (exact) mass is 373 g/mol. The number of benzene rings is 2. The minimum Gasteiger partial charge on any atom is -0.310 e. The highest BCUT2D eigenvalue weighted by Gasteiger charge is 2.53. The predicted octanol–water partition coefficient (Wildman–Crippen LogP) is 4.33. The number of aromatic nitrogens is 1. The fraction of sp³-hybridized carbons (Fsp3) is 0.182. The number of pyridine rings is 1. The van der Waals surface area contributed by atoms with Gasteiger partial charge in [0, 0.05) is 16.9 Å². The van der Waals surface area contributed by atoms with Gasteiger partial charge in [-0.3, -0.25) is 14.9 Å². The summed E-state index contributed by atoms with van der Waals surface area (Å²) in [6, 6.07) is 20.8. The standard InChI is InChI=1S/C22H19N3O3/c1-14-7-9-15(10-8-14)17-11-19(16-5-3-2-4-6-16)23-21(12-17)24-22(26)18-13-20(18)25(27)28/h2-12,18,20H,13H2,1H3,(H,23,24,26). The molecule has 1 fully saturated rings. The van der Waals surface area contributed by atoms with E-state index in [4.69, 9.17) is 0 Å². The number of hydrogen-bond donors (Lipinski definition) is 1. The maximum atomic E-state index is 12.4. The van der Waals surface area contributed by atoms with Crippen molar-refractivity contribution in [2.45, 2.75) is 19.4 Å². The van der Waals surface area contributed by atoms with Gasteiger partial charge in [-0.25, -0.2) is 4.98 Å². The summed E-state index contributed by atoms with van der Waals surface area (Å²) in [4.78, 5) is 27.4. The second-order valence-corrected chi connectivity index (χ2v) is 7.04. The van der Waals surface area contributed by atoms with Gasteiger partial charge in [0.15, 0.2) is 0 Å². The lowest BCUT2D eigenvalue weighted by molar-refractivity contribution is -0.497. The third-order valence-electron chi connectivity index (χ3n) is 4.90. The van der Waals surface area contributed by atoms with Crippen molar-refractivity contribution in [2.75, 3.05) is 5.32 Å². The van der Waals surface area contributed by atoms with Crippen LogP contribution in [-0.2, 0) is 4.79 Å². The molecule has 2 unspecified atom stereocenters. The number of nitrogens with zero attached hydrogens (tertiary/aromatic N) is 2. The van der Waals surface area contributed by atoms with E-state index in [0.29, 0.717) is 5.82 Å². The number of amides is 1. The molecule has 0 radical (unpaired) electrons. The van der Waals surface area contributed by atoms with Gasteiger partial charge in [0.2, 0.25) is 11.9 Å². The van der Waals surface area contributed by atoms with E-state index in [-0.39, 0.29) is 12.3 Å². The van der Waals surface area contributed by atoms with E-state index >= 15 is 0 Å². The van der Waals surface area contributed by atoms with Crippen LogP contribution in [0.4, 0.5) is 5.82 Å². The Hall–Kier alpha value is -3.54. The smallest absolute Gasteiger partial charge is 0.235 e. The highest BCUT2D eigenvalue weighted by atomic mass is 16.6. The molecule has 1 aliphatic carbocycles. The van der Waals surface area contributed by atoms with Gasteiger partial charge in [-0.05, 0) is 30.2 Å². The normalized spacial score (nSPS) is 17.8. The van der Waals surface area contributed by atoms with Crippen LogP contribution in [0.25, 0.3) is 22.4 Å². The van der Waals surface area contributed by atoms with Crippen LogP contribution in [0.15, 0.2) is 66.7 Å². The van der Waals surface area contributed by atoms with Crippen molar-refractivity contribution in [1.82, 2.24) is 4.98 Å². The number of rotatable bonds is 5. The van der Waals surface area contributed by atoms with Crippen LogP contribution < -0.4 is 5.32 Å². The van der Waals surface area contributed by atoms with Gasteiger partial charge in [-0.2, -0.15) is 0 Å². The van der Waals surface area contributed by atoms with Gasteiger partial charge < -0.3 is 5.32 Å². The number of nitro groups is 1. The molecule has 28 heavy (non-hydrogen) atoms. The molecule has 0 bridgehead atoms. The van der Waals surface area contributed by atoms with Crippen molar-refractivity contribution in [3.63, 3.8) is 0 Å². The van der Waals surface area contributed by atoms with Crippen LogP contribution in [0.5, 0.6) is 0 Å². The Kier molecular flexibility index (Phi) is 4.61. The van der Waals surface area contributed by atoms with Crippen molar-refractivity contribution < 1.29 is 9.72 Å². The van der Waals surface area contributed by atoms with E-state index in [2.05, 4.69) is 10.3 Å². The molecule has 1 N–H and O–H groups in total. The van der Waals surface area contributed by atoms with E-state index in [1.807, 2.05) is 67.6 Å². The maximum absolute atomic E-state index is 12.4. The number of carbonyl (C=O) groups is 1. The van der Waals surface area contributed by atoms with E-state index in [0.717, 1.165) is 27.9 Å². The van der Waals surface area contributed by atoms with Crippen molar-refractivity contribution in [3.8, 4) is 22.4 Å². The van der Waals surface area contributed by atoms with Gasteiger partial charge in [0.25, 0.3) is 0 Å². The first-order chi connectivity index (χ1) is 13.5. The molecule has 1 aliphatic rings. The molecular weight excluding hydrogens is 354 g/mol. The molecule has 1 aromatic heterocycles. The molecule has 0 aliphatic heterocycles. The molecule has 2 atom stereocenters. The zero-order valence-electron chi connectivity index (χ0n) is 15.3. The third-order valence-corrected chi connectivity index (χ3v) is 4.90. The Morgan fingerprint density at radius 1 is 1.04 bits per heavy atom. The lowest BCUT2D eigenvalue weighted by Crippen LogP contribution is -2.19. The Morgan fingerprint density at radius 3 is 2.39 bits per heavy atom. The first-order valence-corrected chi connectivity index (χ1v) is 9.10. The van der Waals surface area contributed by atoms with Gasteiger partial charge >= 0.3 is 0 Å². The van der Waals surface area contributed by atoms with Gasteiger partial charge in [0.05, 0.1) is 5.69 Å². The van der Waals surface area contributed by atoms with E-state index in [1.165, 1.54) is 0 Å². The third kappa shape index (κ3) is 3.76. The van der Waals surface area contributed by atoms with E-state index in [1.54, 1.807) is 6.07 Å². The molecule has 1 amide bonds. The topological polar surface area (TPSA) is 85.1 Å². The van der Waals surface area contributed by atoms with Crippen molar-refractivity contribution in [3.05, 3.63) is 82.4 Å². The van der Waals surface area contributed by atoms with Gasteiger partial charge in [-0.1, -0.05) is 60.2 Å². The van der Waals surface area contributed by atoms with Crippen molar-refractivity contribution in [2.24, 2.45) is 5.92 Å². The maximum Gasteiger partial charge on any atom is 0.235 e. The second kappa shape index (κ2) is 7.23. The van der Waals surface area contributed by atoms with Crippen LogP contribution in [0.3, 0.4) is 0 Å². The Morgan fingerprint density at radius 2 is 1.75 bits per heavy atom. The van der Waals surface area contributed by atoms with Crippen LogP contribution >= 0.6 is 0 Å². The molecule has 6 nitrogen and oxygen atoms in total. The predicted molar refractivity (Wildman–Crippen MR) is 107 cm³/mol. The average molecular weight is 373 g/mol. The first-order valence-electron chi connectivity index (χ1n) is 9.10. The Balaban J connectivity index is 1.69. The quantitative estimate of drug-likeness (QED) is 0.533. The zero-order chi connectivity index (χ0) is 19.7. The Labute approximate surface area is 162 Å². The summed E-state index contributed by atoms with van der Waals surface area (Å²) in [5.41, 5.74) is 4.76. The number of anilines is 1. The molecule has 0 saturated heterocycles. The largest absolute Gasteiger partial charge is 0.310 e. The summed E-state index contributed by atoms with van der Waals surface area (Å²) >= 11 is 0. The summed E-state index contributed by atoms with van der Waals surface area (Å²) in [6.07, 6.45) is 0.280. The molecule has 140 valence electrons. The minimum absolute atomic E-state index is 0.280. The molecule has 3 aromatic rings. The summed E-state index contributed by atoms with van der Waals surface area (Å²) in [7, 11) is 0. The van der Waals surface area contributed by atoms with E-state index in [9.17, 15) is 14.9 Å². The highest BCUT2D eigenvalue weighted by Crippen LogP contribution is 2.35. The van der Waals surface area contributed by atoms with Gasteiger partial charge in [-0.15, -0.1) is 0 Å². The number of carbonyl (C=O) groups excluding carboxylic acids is 1. The Bertz CT molecular complexity index is 1030. The molecule has 1 saturated carbocycles. The van der Waals surface area contributed by atoms with Gasteiger partial charge in [0.1, 0.15) is 11.7 Å². The molecule has 4 rings (SSSR count). The highest BCUT2D eigenvalue weighted by molar-refractivity contribution is 5.95. The van der Waals surface area contributed by atoms with E-state index < -0.39 is 16.9 Å². The summed E-state index contributed by atoms with van der Waals surface area (Å²) in [5, 5.41) is 13.6. The number of nitrogens with one attached hydrogen (secondary N) is 1. The SMILES string of the molecule is Cc1ccc(-c2cc(NC(=O)C3CC3[N+](=O)[O-])nc(-c3ccccc3)c2)cc1. The summed E-state index contributed by atoms with van der Waals surface area (Å²) < 4.78 is 0. The molecule has 1 heterocycles. The van der Waals surface area contributed by atoms with Crippen LogP contribution in [0.1, 0.15) is 12.0 Å². The lowest BCUT2D eigenvalue weighted by Gasteiger charge is -2.11. The number of hydrogen-bond acceptors (Lipinski definition) is 4. The summed E-state index contributed by atoms with van der Waals surface area (Å²) in [5.74, 6) is -0.537. The zero-order valence-corrected chi connectivity index (χ0v) is 15.3. The summed E-state index contributed by atoms with van der Waals surface area (Å²) in [6.45, 7) is 2.03. The van der Waals surface area contributed by atoms with Crippen LogP contribution in [-0.4, -0.2) is 21.9 Å². The number of aryl methyl sites for hydroxylation is 1. The van der Waals surface area contributed by atoms with Crippen molar-refractivity contribution >= 4 is 11.7 Å². The second-order valence-electron chi connectivity index (χ2n) is 7.04. The minimum atomic E-state index is -0.783.